The molecule has 2 N–H and O–H groups in total. The molecule has 6 aromatic carbocycles. The number of alkyl halides is 2. The molecule has 494 valence electrons. The van der Waals surface area contributed by atoms with Crippen molar-refractivity contribution in [1.82, 2.24) is 34.7 Å². The summed E-state index contributed by atoms with van der Waals surface area (Å²) in [4.78, 5) is 55.7. The average molecular weight is 1310 g/mol. The number of β-amino-alcohol motifs (C(OH)–C–C–N with tert-alkyl or cyclic N) is 1. The highest BCUT2D eigenvalue weighted by atomic mass is 35.5. The van der Waals surface area contributed by atoms with Crippen molar-refractivity contribution in [3.63, 3.8) is 0 Å². The van der Waals surface area contributed by atoms with Crippen LogP contribution in [0.4, 0.5) is 14.4 Å². The van der Waals surface area contributed by atoms with E-state index in [2.05, 4.69) is 131 Å². The van der Waals surface area contributed by atoms with E-state index in [1.165, 1.54) is 32.1 Å². The van der Waals surface area contributed by atoms with Crippen LogP contribution in [0, 0.1) is 34.1 Å². The number of nitriles is 3. The normalized spacial score (nSPS) is 15.0. The molecule has 10 rings (SSSR count). The predicted molar refractivity (Wildman–Crippen MR) is 363 cm³/mol. The van der Waals surface area contributed by atoms with E-state index in [9.17, 15) is 29.7 Å². The number of hydrogen-bond acceptors (Lipinski definition) is 15. The summed E-state index contributed by atoms with van der Waals surface area (Å²) in [5.41, 5.74) is 4.50. The number of Topliss-reactive ketones (excluding diaryl/α,β-unsaturated/α-hetero) is 1. The minimum absolute atomic E-state index is 0.0841. The van der Waals surface area contributed by atoms with Crippen molar-refractivity contribution in [2.75, 3.05) is 57.7 Å². The van der Waals surface area contributed by atoms with Crippen LogP contribution in [0.5, 0.6) is 0 Å². The van der Waals surface area contributed by atoms with E-state index in [1.54, 1.807) is 30.6 Å². The summed E-state index contributed by atoms with van der Waals surface area (Å²) < 4.78 is 15.5. The van der Waals surface area contributed by atoms with Crippen LogP contribution >= 0.6 is 23.2 Å². The number of ether oxygens (including phenoxy) is 3. The maximum absolute atomic E-state index is 12.4. The Morgan fingerprint density at radius 2 is 0.753 bits per heavy atom. The number of amides is 3. The number of nitrogens with zero attached hydrogens (tertiary/aromatic N) is 9. The molecule has 0 aromatic heterocycles. The first-order chi connectivity index (χ1) is 44.2. The predicted octanol–water partition coefficient (Wildman–Crippen LogP) is 12.8. The molecule has 0 bridgehead atoms. The zero-order chi connectivity index (χ0) is 68.1. The van der Waals surface area contributed by atoms with Crippen molar-refractivity contribution in [3.05, 3.63) is 215 Å². The van der Waals surface area contributed by atoms with Crippen LogP contribution in [0.15, 0.2) is 182 Å². The number of halogens is 2. The van der Waals surface area contributed by atoms with Crippen molar-refractivity contribution >= 4 is 47.3 Å². The maximum atomic E-state index is 12.4. The van der Waals surface area contributed by atoms with Gasteiger partial charge in [-0.05, 0) is 95.7 Å². The standard InChI is InChI=1S/C23H27N3O2.C19H18N4.C14H15N.C8H15NO3.C8H13NO3.CH2Cl2/c1-22(2,3)28-21(27)25-17-23(16-24,18-25)26(14-19-10-6-4-7-11-19)15-20-12-8-5-9-13-20;20-13-19(14-22(15-19)16-21)23(11-17-7-3-1-4-8-17)12-18-9-5-2-6-10-18;1-3-7-13(8-4-1)11-15-12-14-9-5-2-6-10-14;2*1-8(2,3)12-7(11)9-4-6(10)5-9;2-1-3/h4-13H,14-15,17-18H2,1-3H3;1-10H,11-12,14-15H2;1-10,15H,11-12H2;6,10H,4-5H2,1-3H3;4-5H2,1-3H3;1H2. The Balaban J connectivity index is 0.000000217. The van der Waals surface area contributed by atoms with Gasteiger partial charge in [0, 0.05) is 39.3 Å². The second-order valence-electron chi connectivity index (χ2n) is 25.8. The molecular formula is C73H90Cl2N10O8. The third-order valence-electron chi connectivity index (χ3n) is 14.3. The second-order valence-corrected chi connectivity index (χ2v) is 26.6. The summed E-state index contributed by atoms with van der Waals surface area (Å²) in [6, 6.07) is 66.4. The van der Waals surface area contributed by atoms with Gasteiger partial charge in [-0.1, -0.05) is 182 Å². The van der Waals surface area contributed by atoms with Crippen molar-refractivity contribution in [1.29, 1.82) is 15.8 Å². The Morgan fingerprint density at radius 3 is 1.01 bits per heavy atom. The Hall–Kier alpha value is -8.51. The number of carbonyl (C=O) groups excluding carboxylic acids is 4. The monoisotopic (exact) mass is 1300 g/mol. The van der Waals surface area contributed by atoms with Crippen molar-refractivity contribution in [2.24, 2.45) is 0 Å². The van der Waals surface area contributed by atoms with Gasteiger partial charge in [-0.3, -0.25) is 19.5 Å². The highest BCUT2D eigenvalue weighted by Crippen LogP contribution is 2.33. The molecule has 4 fully saturated rings. The number of ketones is 1. The van der Waals surface area contributed by atoms with Crippen LogP contribution in [0.1, 0.15) is 95.7 Å². The molecule has 20 heteroatoms. The molecule has 0 spiro atoms. The topological polar surface area (TPSA) is 219 Å². The smallest absolute Gasteiger partial charge is 0.411 e. The largest absolute Gasteiger partial charge is 0.444 e. The highest BCUT2D eigenvalue weighted by Gasteiger charge is 2.51. The summed E-state index contributed by atoms with van der Waals surface area (Å²) in [5, 5.41) is 41.3. The summed E-state index contributed by atoms with van der Waals surface area (Å²) in [6.07, 6.45) is 0.661. The second kappa shape index (κ2) is 36.7. The lowest BCUT2D eigenvalue weighted by molar-refractivity contribution is -0.128. The maximum Gasteiger partial charge on any atom is 0.411 e. The van der Waals surface area contributed by atoms with E-state index in [-0.39, 0.29) is 42.5 Å². The first-order valence-corrected chi connectivity index (χ1v) is 31.9. The van der Waals surface area contributed by atoms with Crippen molar-refractivity contribution in [2.45, 2.75) is 136 Å². The molecule has 93 heavy (non-hydrogen) atoms. The number of aliphatic hydroxyl groups excluding tert-OH is 1. The van der Waals surface area contributed by atoms with Gasteiger partial charge in [-0.15, -0.1) is 23.2 Å². The van der Waals surface area contributed by atoms with E-state index in [4.69, 9.17) is 47.8 Å². The first kappa shape index (κ1) is 75.2. The van der Waals surface area contributed by atoms with Crippen LogP contribution in [-0.4, -0.2) is 150 Å². The van der Waals surface area contributed by atoms with E-state index in [1.807, 2.05) is 126 Å². The Kier molecular flexibility index (Phi) is 29.6. The Bertz CT molecular complexity index is 3210. The van der Waals surface area contributed by atoms with Gasteiger partial charge < -0.3 is 39.3 Å². The fraction of sp³-hybridized carbons (Fsp3) is 0.411. The number of likely N-dealkylation sites (tertiary alicyclic amines) is 4. The summed E-state index contributed by atoms with van der Waals surface area (Å²) >= 11 is 9.53. The molecule has 4 aliphatic heterocycles. The lowest BCUT2D eigenvalue weighted by Crippen LogP contribution is -2.70. The molecule has 4 saturated heterocycles. The molecule has 4 heterocycles. The highest BCUT2D eigenvalue weighted by molar-refractivity contribution is 6.40. The van der Waals surface area contributed by atoms with Crippen LogP contribution in [0.2, 0.25) is 0 Å². The fourth-order valence-electron chi connectivity index (χ4n) is 9.62. The third-order valence-corrected chi connectivity index (χ3v) is 14.3. The van der Waals surface area contributed by atoms with Crippen molar-refractivity contribution in [3.8, 4) is 18.3 Å². The van der Waals surface area contributed by atoms with Gasteiger partial charge in [-0.2, -0.15) is 15.8 Å². The zero-order valence-electron chi connectivity index (χ0n) is 55.1. The molecule has 0 saturated carbocycles. The average Bonchev–Trinajstić information content (AvgIpc) is 0.767. The lowest BCUT2D eigenvalue weighted by Gasteiger charge is -2.51. The number of rotatable bonds is 14. The minimum Gasteiger partial charge on any atom is -0.444 e. The SMILES string of the molecule is CC(C)(C)OC(=O)N1CC(=O)C1.CC(C)(C)OC(=O)N1CC(C#N)(N(Cc2ccccc2)Cc2ccccc2)C1.CC(C)(C)OC(=O)N1CC(O)C1.ClCCl.N#CN1CC(C#N)(N(Cc2ccccc2)Cc2ccccc2)C1.c1ccc(CNCc2ccccc2)cc1. The van der Waals surface area contributed by atoms with Gasteiger partial charge in [0.2, 0.25) is 0 Å². The molecule has 3 amide bonds. The molecule has 0 atom stereocenters. The molecule has 18 nitrogen and oxygen atoms in total. The number of nitrogens with one attached hydrogen (secondary N) is 1. The van der Waals surface area contributed by atoms with E-state index >= 15 is 0 Å². The third kappa shape index (κ3) is 26.6. The van der Waals surface area contributed by atoms with Crippen molar-refractivity contribution < 1.29 is 38.5 Å². The van der Waals surface area contributed by atoms with Gasteiger partial charge in [0.15, 0.2) is 12.0 Å². The van der Waals surface area contributed by atoms with E-state index in [0.717, 1.165) is 24.2 Å². The summed E-state index contributed by atoms with van der Waals surface area (Å²) in [7, 11) is 0. The molecule has 0 radical (unpaired) electrons. The summed E-state index contributed by atoms with van der Waals surface area (Å²) in [5.74, 6) is 0.0841. The molecule has 0 aliphatic carbocycles. The van der Waals surface area contributed by atoms with Gasteiger partial charge in [0.1, 0.15) is 27.9 Å². The van der Waals surface area contributed by atoms with Crippen LogP contribution in [0.25, 0.3) is 0 Å². The summed E-state index contributed by atoms with van der Waals surface area (Å²) in [6.45, 7) is 23.8. The lowest BCUT2D eigenvalue weighted by atomic mass is 9.88. The quantitative estimate of drug-likeness (QED) is 0.0588. The van der Waals surface area contributed by atoms with Gasteiger partial charge in [0.05, 0.1) is 75.9 Å². The number of carbonyl (C=O) groups is 4. The van der Waals surface area contributed by atoms with Gasteiger partial charge in [0.25, 0.3) is 0 Å². The number of benzene rings is 6. The molecule has 4 aliphatic rings. The Morgan fingerprint density at radius 1 is 0.484 bits per heavy atom. The van der Waals surface area contributed by atoms with Gasteiger partial charge >= 0.3 is 18.3 Å². The van der Waals surface area contributed by atoms with E-state index in [0.29, 0.717) is 65.4 Å². The van der Waals surface area contributed by atoms with Gasteiger partial charge in [-0.25, -0.2) is 14.4 Å². The Labute approximate surface area is 560 Å². The van der Waals surface area contributed by atoms with Crippen LogP contribution in [0.3, 0.4) is 0 Å². The van der Waals surface area contributed by atoms with Crippen LogP contribution in [-0.2, 0) is 58.3 Å². The first-order valence-electron chi connectivity index (χ1n) is 30.9. The molecule has 6 aromatic rings. The zero-order valence-corrected chi connectivity index (χ0v) is 56.6. The molecule has 0 unspecified atom stereocenters. The minimum atomic E-state index is -0.720. The van der Waals surface area contributed by atoms with Crippen LogP contribution < -0.4 is 5.32 Å². The molecular weight excluding hydrogens is 1220 g/mol. The fourth-order valence-corrected chi connectivity index (χ4v) is 9.62. The number of aliphatic hydroxyl groups is 1. The number of hydrogen-bond donors (Lipinski definition) is 2. The van der Waals surface area contributed by atoms with E-state index < -0.39 is 34.0 Å².